The second-order valence-corrected chi connectivity index (χ2v) is 8.12. The third kappa shape index (κ3) is 3.55. The molecule has 2 aliphatic rings. The van der Waals surface area contributed by atoms with Crippen LogP contribution in [-0.2, 0) is 0 Å². The molecule has 0 bridgehead atoms. The van der Waals surface area contributed by atoms with Crippen LogP contribution < -0.4 is 0 Å². The monoisotopic (exact) mass is 276 g/mol. The van der Waals surface area contributed by atoms with E-state index >= 15 is 0 Å². The summed E-state index contributed by atoms with van der Waals surface area (Å²) in [6.45, 7) is 10.7. The van der Waals surface area contributed by atoms with Crippen LogP contribution in [0.1, 0.15) is 72.6 Å². The summed E-state index contributed by atoms with van der Waals surface area (Å²) in [5, 5.41) is 9.56. The lowest BCUT2D eigenvalue weighted by Crippen LogP contribution is -2.49. The van der Waals surface area contributed by atoms with Crippen molar-refractivity contribution in [2.45, 2.75) is 84.7 Å². The number of nitrogens with zero attached hydrogens (tertiary/aromatic N) is 2. The molecule has 0 spiro atoms. The standard InChI is InChI=1S/C18H32N2/c1-14-8-6-5-7-11-20(14)17-12-16(18(2,3)4)10-9-15(17)13-19/h14-17H,5-12H2,1-4H3. The minimum Gasteiger partial charge on any atom is -0.296 e. The van der Waals surface area contributed by atoms with Crippen LogP contribution in [0.2, 0.25) is 0 Å². The van der Waals surface area contributed by atoms with E-state index in [4.69, 9.17) is 0 Å². The van der Waals surface area contributed by atoms with Crippen LogP contribution >= 0.6 is 0 Å². The van der Waals surface area contributed by atoms with Crippen LogP contribution in [0.3, 0.4) is 0 Å². The second kappa shape index (κ2) is 6.48. The van der Waals surface area contributed by atoms with Crippen LogP contribution in [0, 0.1) is 28.6 Å². The molecule has 1 heterocycles. The molecule has 1 aliphatic carbocycles. The molecule has 2 nitrogen and oxygen atoms in total. The molecule has 0 N–H and O–H groups in total. The zero-order chi connectivity index (χ0) is 14.8. The predicted molar refractivity (Wildman–Crippen MR) is 84.3 cm³/mol. The Labute approximate surface area is 125 Å². The maximum atomic E-state index is 9.56. The Morgan fingerprint density at radius 3 is 2.45 bits per heavy atom. The highest BCUT2D eigenvalue weighted by Gasteiger charge is 2.39. The second-order valence-electron chi connectivity index (χ2n) is 8.12. The normalized spacial score (nSPS) is 37.1. The zero-order valence-corrected chi connectivity index (χ0v) is 13.9. The Bertz CT molecular complexity index is 349. The SMILES string of the molecule is CC1CCCCCN1C1CC(C(C)(C)C)CCC1C#N. The van der Waals surface area contributed by atoms with E-state index in [1.165, 1.54) is 45.1 Å². The molecule has 0 amide bonds. The Morgan fingerprint density at radius 1 is 1.05 bits per heavy atom. The molecular weight excluding hydrogens is 244 g/mol. The number of hydrogen-bond donors (Lipinski definition) is 0. The molecule has 0 aromatic carbocycles. The minimum absolute atomic E-state index is 0.258. The smallest absolute Gasteiger partial charge is 0.0672 e. The van der Waals surface area contributed by atoms with Crippen molar-refractivity contribution in [2.75, 3.05) is 6.54 Å². The van der Waals surface area contributed by atoms with Gasteiger partial charge >= 0.3 is 0 Å². The summed E-state index contributed by atoms with van der Waals surface area (Å²) in [7, 11) is 0. The fourth-order valence-corrected chi connectivity index (χ4v) is 4.24. The van der Waals surface area contributed by atoms with Crippen LogP contribution in [0.4, 0.5) is 0 Å². The molecule has 1 saturated heterocycles. The van der Waals surface area contributed by atoms with Gasteiger partial charge in [-0.05, 0) is 56.9 Å². The molecule has 1 saturated carbocycles. The molecule has 0 radical (unpaired) electrons. The number of hydrogen-bond acceptors (Lipinski definition) is 2. The van der Waals surface area contributed by atoms with Gasteiger partial charge in [-0.15, -0.1) is 0 Å². The van der Waals surface area contributed by atoms with E-state index < -0.39 is 0 Å². The minimum atomic E-state index is 0.258. The zero-order valence-electron chi connectivity index (χ0n) is 13.9. The van der Waals surface area contributed by atoms with E-state index in [0.29, 0.717) is 17.5 Å². The summed E-state index contributed by atoms with van der Waals surface area (Å²) in [4.78, 5) is 2.69. The topological polar surface area (TPSA) is 27.0 Å². The van der Waals surface area contributed by atoms with Gasteiger partial charge in [0.25, 0.3) is 0 Å². The summed E-state index contributed by atoms with van der Waals surface area (Å²) in [5.41, 5.74) is 0.383. The predicted octanol–water partition coefficient (Wildman–Crippen LogP) is 4.61. The molecule has 4 atom stereocenters. The van der Waals surface area contributed by atoms with Gasteiger partial charge in [-0.25, -0.2) is 0 Å². The van der Waals surface area contributed by atoms with Gasteiger partial charge in [-0.2, -0.15) is 5.26 Å². The van der Waals surface area contributed by atoms with E-state index in [2.05, 4.69) is 38.7 Å². The largest absolute Gasteiger partial charge is 0.296 e. The summed E-state index contributed by atoms with van der Waals surface area (Å²) in [5.74, 6) is 1.03. The molecule has 20 heavy (non-hydrogen) atoms. The first kappa shape index (κ1) is 15.8. The van der Waals surface area contributed by atoms with Crippen molar-refractivity contribution >= 4 is 0 Å². The average molecular weight is 276 g/mol. The van der Waals surface area contributed by atoms with Crippen LogP contribution in [-0.4, -0.2) is 23.5 Å². The maximum absolute atomic E-state index is 9.56. The first-order chi connectivity index (χ1) is 9.43. The van der Waals surface area contributed by atoms with Gasteiger partial charge in [0.15, 0.2) is 0 Å². The number of likely N-dealkylation sites (tertiary alicyclic amines) is 1. The summed E-state index contributed by atoms with van der Waals surface area (Å²) >= 11 is 0. The van der Waals surface area contributed by atoms with Crippen LogP contribution in [0.25, 0.3) is 0 Å². The molecular formula is C18H32N2. The summed E-state index contributed by atoms with van der Waals surface area (Å²) in [6.07, 6.45) is 8.94. The molecule has 114 valence electrons. The van der Waals surface area contributed by atoms with Crippen molar-refractivity contribution in [2.24, 2.45) is 17.3 Å². The first-order valence-electron chi connectivity index (χ1n) is 8.59. The molecule has 1 aliphatic heterocycles. The molecule has 2 fully saturated rings. The fourth-order valence-electron chi connectivity index (χ4n) is 4.24. The lowest BCUT2D eigenvalue weighted by atomic mass is 9.67. The van der Waals surface area contributed by atoms with E-state index in [9.17, 15) is 5.26 Å². The first-order valence-corrected chi connectivity index (χ1v) is 8.59. The number of nitriles is 1. The molecule has 2 rings (SSSR count). The highest BCUT2D eigenvalue weighted by molar-refractivity contribution is 5.00. The van der Waals surface area contributed by atoms with E-state index in [1.807, 2.05) is 0 Å². The van der Waals surface area contributed by atoms with E-state index in [1.54, 1.807) is 0 Å². The van der Waals surface area contributed by atoms with Crippen molar-refractivity contribution in [3.63, 3.8) is 0 Å². The van der Waals surface area contributed by atoms with Crippen molar-refractivity contribution in [3.8, 4) is 6.07 Å². The van der Waals surface area contributed by atoms with E-state index in [0.717, 1.165) is 12.3 Å². The Morgan fingerprint density at radius 2 is 1.80 bits per heavy atom. The summed E-state index contributed by atoms with van der Waals surface area (Å²) < 4.78 is 0. The van der Waals surface area contributed by atoms with Gasteiger partial charge in [0.2, 0.25) is 0 Å². The van der Waals surface area contributed by atoms with Crippen LogP contribution in [0.15, 0.2) is 0 Å². The fraction of sp³-hybridized carbons (Fsp3) is 0.944. The average Bonchev–Trinajstić information content (AvgIpc) is 2.61. The third-order valence-corrected chi connectivity index (χ3v) is 5.74. The van der Waals surface area contributed by atoms with Crippen molar-refractivity contribution in [3.05, 3.63) is 0 Å². The molecule has 0 aromatic rings. The third-order valence-electron chi connectivity index (χ3n) is 5.74. The maximum Gasteiger partial charge on any atom is 0.0672 e. The number of rotatable bonds is 1. The van der Waals surface area contributed by atoms with Gasteiger partial charge in [0, 0.05) is 12.1 Å². The Balaban J connectivity index is 2.14. The van der Waals surface area contributed by atoms with Gasteiger partial charge in [-0.1, -0.05) is 33.6 Å². The van der Waals surface area contributed by atoms with Gasteiger partial charge in [-0.3, -0.25) is 4.90 Å². The molecule has 4 unspecified atom stereocenters. The Kier molecular flexibility index (Phi) is 5.13. The molecule has 2 heteroatoms. The Hall–Kier alpha value is -0.550. The highest BCUT2D eigenvalue weighted by Crippen LogP contribution is 2.42. The van der Waals surface area contributed by atoms with Crippen LogP contribution in [0.5, 0.6) is 0 Å². The lowest BCUT2D eigenvalue weighted by Gasteiger charge is -2.46. The van der Waals surface area contributed by atoms with Gasteiger partial charge < -0.3 is 0 Å². The highest BCUT2D eigenvalue weighted by atomic mass is 15.2. The molecule has 0 aromatic heterocycles. The lowest BCUT2D eigenvalue weighted by molar-refractivity contribution is 0.0398. The summed E-state index contributed by atoms with van der Waals surface area (Å²) in [6, 6.07) is 3.79. The van der Waals surface area contributed by atoms with Crippen molar-refractivity contribution < 1.29 is 0 Å². The van der Waals surface area contributed by atoms with Crippen molar-refractivity contribution in [1.29, 1.82) is 5.26 Å². The van der Waals surface area contributed by atoms with Gasteiger partial charge in [0.1, 0.15) is 0 Å². The van der Waals surface area contributed by atoms with Crippen molar-refractivity contribution in [1.82, 2.24) is 4.90 Å². The van der Waals surface area contributed by atoms with Gasteiger partial charge in [0.05, 0.1) is 12.0 Å². The van der Waals surface area contributed by atoms with E-state index in [-0.39, 0.29) is 5.92 Å². The quantitative estimate of drug-likeness (QED) is 0.699.